The van der Waals surface area contributed by atoms with Crippen LogP contribution in [0.3, 0.4) is 0 Å². The van der Waals surface area contributed by atoms with Crippen molar-refractivity contribution in [2.75, 3.05) is 13.2 Å². The zero-order chi connectivity index (χ0) is 38.7. The van der Waals surface area contributed by atoms with Gasteiger partial charge in [-0.05, 0) is 92.8 Å². The molecule has 0 amide bonds. The van der Waals surface area contributed by atoms with Crippen molar-refractivity contribution in [2.24, 2.45) is 46.3 Å². The van der Waals surface area contributed by atoms with Crippen molar-refractivity contribution in [3.63, 3.8) is 0 Å². The molecular formula is C39H66O14. The Morgan fingerprint density at radius 1 is 0.830 bits per heavy atom. The van der Waals surface area contributed by atoms with Crippen LogP contribution in [0.5, 0.6) is 0 Å². The summed E-state index contributed by atoms with van der Waals surface area (Å²) in [5.41, 5.74) is 0.245. The minimum absolute atomic E-state index is 0.0724. The molecular weight excluding hydrogens is 692 g/mol. The molecule has 0 aromatic carbocycles. The molecule has 2 aliphatic heterocycles. The molecule has 0 radical (unpaired) electrons. The van der Waals surface area contributed by atoms with E-state index in [1.165, 1.54) is 0 Å². The first-order valence-electron chi connectivity index (χ1n) is 19.9. The maximum atomic E-state index is 11.7. The second kappa shape index (κ2) is 16.2. The van der Waals surface area contributed by atoms with E-state index in [4.69, 9.17) is 18.9 Å². The summed E-state index contributed by atoms with van der Waals surface area (Å²) in [6, 6.07) is 0. The lowest BCUT2D eigenvalue weighted by Crippen LogP contribution is -2.62. The highest BCUT2D eigenvalue weighted by molar-refractivity contribution is 5.28. The molecule has 306 valence electrons. The Kier molecular flexibility index (Phi) is 12.8. The number of aliphatic hydroxyl groups is 10. The van der Waals surface area contributed by atoms with Crippen LogP contribution in [0.1, 0.15) is 86.0 Å². The van der Waals surface area contributed by atoms with Crippen LogP contribution in [0, 0.1) is 46.3 Å². The van der Waals surface area contributed by atoms with Gasteiger partial charge >= 0.3 is 0 Å². The summed E-state index contributed by atoms with van der Waals surface area (Å²) in [5, 5.41) is 106. The summed E-state index contributed by atoms with van der Waals surface area (Å²) in [6.07, 6.45) is -8.79. The summed E-state index contributed by atoms with van der Waals surface area (Å²) in [7, 11) is 0. The Labute approximate surface area is 312 Å². The Hall–Kier alpha value is -0.820. The van der Waals surface area contributed by atoms with Crippen LogP contribution in [0.15, 0.2) is 11.6 Å². The molecule has 14 heteroatoms. The zero-order valence-corrected chi connectivity index (χ0v) is 31.8. The van der Waals surface area contributed by atoms with Crippen LogP contribution in [0.25, 0.3) is 0 Å². The molecule has 6 rings (SSSR count). The van der Waals surface area contributed by atoms with Crippen molar-refractivity contribution in [1.29, 1.82) is 0 Å². The van der Waals surface area contributed by atoms with E-state index in [-0.39, 0.29) is 54.0 Å². The van der Waals surface area contributed by atoms with Crippen molar-refractivity contribution in [2.45, 2.75) is 172 Å². The van der Waals surface area contributed by atoms with E-state index < -0.39 is 97.8 Å². The summed E-state index contributed by atoms with van der Waals surface area (Å²) in [6.45, 7) is 9.52. The smallest absolute Gasteiger partial charge is 0.186 e. The number of hydrogen-bond donors (Lipinski definition) is 10. The third-order valence-corrected chi connectivity index (χ3v) is 15.0. The van der Waals surface area contributed by atoms with Crippen LogP contribution in [-0.2, 0) is 18.9 Å². The molecule has 2 heterocycles. The average molecular weight is 759 g/mol. The molecule has 5 fully saturated rings. The molecule has 0 bridgehead atoms. The Balaban J connectivity index is 1.28. The van der Waals surface area contributed by atoms with Gasteiger partial charge in [0.1, 0.15) is 42.7 Å². The van der Waals surface area contributed by atoms with E-state index in [0.717, 1.165) is 24.8 Å². The molecule has 22 atom stereocenters. The number of ether oxygens (including phenoxy) is 4. The van der Waals surface area contributed by atoms with Gasteiger partial charge in [-0.1, -0.05) is 39.3 Å². The molecule has 6 aliphatic rings. The van der Waals surface area contributed by atoms with Crippen molar-refractivity contribution >= 4 is 0 Å². The summed E-state index contributed by atoms with van der Waals surface area (Å²) < 4.78 is 24.6. The molecule has 53 heavy (non-hydrogen) atoms. The minimum atomic E-state index is -1.60. The third kappa shape index (κ3) is 7.42. The van der Waals surface area contributed by atoms with E-state index >= 15 is 0 Å². The lowest BCUT2D eigenvalue weighted by Gasteiger charge is -2.61. The fourth-order valence-electron chi connectivity index (χ4n) is 11.7. The van der Waals surface area contributed by atoms with Crippen LogP contribution in [-0.4, -0.2) is 150 Å². The van der Waals surface area contributed by atoms with Gasteiger partial charge in [-0.3, -0.25) is 0 Å². The SMILES string of the molecule is CC(CO)CCC(O)C(C)C1C(O)CC2C3CC=C4CC(OC5OC(CO)C(O)C(O)C5O)CC(OC5OC(C)C(O)C(O)C5O)C4(C)C3CCC21C. The number of rotatable bonds is 11. The van der Waals surface area contributed by atoms with Gasteiger partial charge in [-0.25, -0.2) is 0 Å². The van der Waals surface area contributed by atoms with Gasteiger partial charge in [0.05, 0.1) is 37.1 Å². The van der Waals surface area contributed by atoms with E-state index in [2.05, 4.69) is 19.9 Å². The lowest BCUT2D eigenvalue weighted by atomic mass is 9.46. The summed E-state index contributed by atoms with van der Waals surface area (Å²) in [5.74, 6) is 0.313. The fourth-order valence-corrected chi connectivity index (χ4v) is 11.7. The molecule has 4 aliphatic carbocycles. The Bertz CT molecular complexity index is 1270. The summed E-state index contributed by atoms with van der Waals surface area (Å²) in [4.78, 5) is 0. The van der Waals surface area contributed by atoms with Crippen molar-refractivity contribution in [1.82, 2.24) is 0 Å². The normalized spacial score (nSPS) is 51.8. The van der Waals surface area contributed by atoms with Gasteiger partial charge in [0.25, 0.3) is 0 Å². The second-order valence-electron chi connectivity index (χ2n) is 18.0. The topological polar surface area (TPSA) is 239 Å². The maximum absolute atomic E-state index is 11.7. The van der Waals surface area contributed by atoms with E-state index in [9.17, 15) is 51.1 Å². The predicted molar refractivity (Wildman–Crippen MR) is 188 cm³/mol. The first kappa shape index (κ1) is 41.8. The van der Waals surface area contributed by atoms with Gasteiger partial charge in [-0.15, -0.1) is 0 Å². The largest absolute Gasteiger partial charge is 0.396 e. The Morgan fingerprint density at radius 3 is 2.15 bits per heavy atom. The predicted octanol–water partition coefficient (Wildman–Crippen LogP) is -0.0505. The molecule has 0 aromatic heterocycles. The second-order valence-corrected chi connectivity index (χ2v) is 18.0. The number of fused-ring (bicyclic) bond motifs is 5. The minimum Gasteiger partial charge on any atom is -0.396 e. The quantitative estimate of drug-likeness (QED) is 0.124. The molecule has 0 spiro atoms. The molecule has 14 nitrogen and oxygen atoms in total. The molecule has 10 N–H and O–H groups in total. The standard InChI is InChI=1S/C39H66O14/c1-17(15-40)6-9-25(42)18(2)29-26(43)14-24-22-8-7-20-12-21(51-37-35(49)33(47)31(45)27(16-41)52-37)13-28(39(20,5)23(22)10-11-38(24,29)4)53-36-34(48)32(46)30(44)19(3)50-36/h7,17-19,21-37,40-49H,6,8-16H2,1-5H3. The van der Waals surface area contributed by atoms with E-state index in [1.807, 2.05) is 13.8 Å². The van der Waals surface area contributed by atoms with Gasteiger partial charge in [0.15, 0.2) is 12.6 Å². The van der Waals surface area contributed by atoms with Gasteiger partial charge in [-0.2, -0.15) is 0 Å². The highest BCUT2D eigenvalue weighted by Crippen LogP contribution is 2.68. The molecule has 3 saturated carbocycles. The zero-order valence-electron chi connectivity index (χ0n) is 31.8. The van der Waals surface area contributed by atoms with E-state index in [1.54, 1.807) is 6.92 Å². The van der Waals surface area contributed by atoms with Crippen molar-refractivity contribution < 1.29 is 70.0 Å². The van der Waals surface area contributed by atoms with E-state index in [0.29, 0.717) is 25.7 Å². The first-order chi connectivity index (χ1) is 25.0. The maximum Gasteiger partial charge on any atom is 0.186 e. The number of allylic oxidation sites excluding steroid dienone is 1. The van der Waals surface area contributed by atoms with Crippen molar-refractivity contribution in [3.05, 3.63) is 11.6 Å². The van der Waals surface area contributed by atoms with Crippen LogP contribution < -0.4 is 0 Å². The fraction of sp³-hybridized carbons (Fsp3) is 0.949. The number of hydrogen-bond acceptors (Lipinski definition) is 14. The highest BCUT2D eigenvalue weighted by atomic mass is 16.7. The van der Waals surface area contributed by atoms with Gasteiger partial charge in [0.2, 0.25) is 0 Å². The number of aliphatic hydroxyl groups excluding tert-OH is 10. The highest BCUT2D eigenvalue weighted by Gasteiger charge is 2.64. The molecule has 2 saturated heterocycles. The average Bonchev–Trinajstić information content (AvgIpc) is 3.41. The van der Waals surface area contributed by atoms with Gasteiger partial charge < -0.3 is 70.0 Å². The monoisotopic (exact) mass is 758 g/mol. The molecule has 22 unspecified atom stereocenters. The lowest BCUT2D eigenvalue weighted by molar-refractivity contribution is -0.331. The Morgan fingerprint density at radius 2 is 1.49 bits per heavy atom. The van der Waals surface area contributed by atoms with Crippen LogP contribution in [0.4, 0.5) is 0 Å². The van der Waals surface area contributed by atoms with Crippen LogP contribution >= 0.6 is 0 Å². The van der Waals surface area contributed by atoms with Crippen molar-refractivity contribution in [3.8, 4) is 0 Å². The van der Waals surface area contributed by atoms with Gasteiger partial charge in [0, 0.05) is 18.4 Å². The first-order valence-corrected chi connectivity index (χ1v) is 19.9. The van der Waals surface area contributed by atoms with Crippen LogP contribution in [0.2, 0.25) is 0 Å². The molecule has 0 aromatic rings. The third-order valence-electron chi connectivity index (χ3n) is 15.0. The summed E-state index contributed by atoms with van der Waals surface area (Å²) >= 11 is 0.